The first-order valence-electron chi connectivity index (χ1n) is 11.7. The summed E-state index contributed by atoms with van der Waals surface area (Å²) in [5.41, 5.74) is 1.80. The molecule has 0 radical (unpaired) electrons. The topological polar surface area (TPSA) is 81.7 Å². The van der Waals surface area contributed by atoms with Gasteiger partial charge in [0.15, 0.2) is 5.78 Å². The fraction of sp³-hybridized carbons (Fsp3) is 0.276. The van der Waals surface area contributed by atoms with E-state index in [1.165, 1.54) is 6.92 Å². The maximum atomic E-state index is 13.1. The number of hydrogen-bond acceptors (Lipinski definition) is 5. The molecule has 0 fully saturated rings. The summed E-state index contributed by atoms with van der Waals surface area (Å²) in [7, 11) is 0. The predicted molar refractivity (Wildman–Crippen MR) is 134 cm³/mol. The molecular formula is C29H31NO5. The summed E-state index contributed by atoms with van der Waals surface area (Å²) in [5.74, 6) is 1.04. The molecule has 3 aromatic carbocycles. The van der Waals surface area contributed by atoms with Gasteiger partial charge in [0.1, 0.15) is 23.3 Å². The summed E-state index contributed by atoms with van der Waals surface area (Å²) >= 11 is 0. The maximum Gasteiger partial charge on any atom is 0.220 e. The van der Waals surface area contributed by atoms with Crippen LogP contribution in [0.5, 0.6) is 11.5 Å². The molecule has 1 amide bonds. The molecule has 0 heterocycles. The Bertz CT molecular complexity index is 1080. The highest BCUT2D eigenvalue weighted by Gasteiger charge is 2.21. The third-order valence-electron chi connectivity index (χ3n) is 5.33. The standard InChI is InChI=1S/C29H31NO5/c1-22(31)9-8-14-29(33)30-27(21-34-20-24-10-4-2-5-11-24)28(32)19-23-15-17-26(18-16-23)35-25-12-6-3-7-13-25/h2-7,10-13,15-18,27H,8-9,14,19-21H2,1H3,(H,30,33). The summed E-state index contributed by atoms with van der Waals surface area (Å²) in [6, 6.07) is 25.6. The lowest BCUT2D eigenvalue weighted by Gasteiger charge is -2.18. The quantitative estimate of drug-likeness (QED) is 0.354. The average molecular weight is 474 g/mol. The van der Waals surface area contributed by atoms with E-state index in [1.54, 1.807) is 0 Å². The predicted octanol–water partition coefficient (Wildman–Crippen LogP) is 5.05. The van der Waals surface area contributed by atoms with Gasteiger partial charge in [-0.05, 0) is 48.7 Å². The maximum absolute atomic E-state index is 13.1. The van der Waals surface area contributed by atoms with Crippen molar-refractivity contribution in [3.63, 3.8) is 0 Å². The fourth-order valence-corrected chi connectivity index (χ4v) is 3.47. The van der Waals surface area contributed by atoms with E-state index in [0.29, 0.717) is 25.2 Å². The Morgan fingerprint density at radius 2 is 1.40 bits per heavy atom. The molecule has 0 saturated heterocycles. The van der Waals surface area contributed by atoms with Crippen molar-refractivity contribution < 1.29 is 23.9 Å². The highest BCUT2D eigenvalue weighted by molar-refractivity contribution is 5.90. The minimum atomic E-state index is -0.774. The largest absolute Gasteiger partial charge is 0.457 e. The molecule has 1 atom stereocenters. The SMILES string of the molecule is CC(=O)CCCC(=O)NC(COCc1ccccc1)C(=O)Cc1ccc(Oc2ccccc2)cc1. The number of carbonyl (C=O) groups is 3. The van der Waals surface area contributed by atoms with Crippen LogP contribution >= 0.6 is 0 Å². The van der Waals surface area contributed by atoms with Crippen molar-refractivity contribution in [2.75, 3.05) is 6.61 Å². The summed E-state index contributed by atoms with van der Waals surface area (Å²) < 4.78 is 11.6. The summed E-state index contributed by atoms with van der Waals surface area (Å²) in [5, 5.41) is 2.79. The molecule has 0 aromatic heterocycles. The van der Waals surface area contributed by atoms with Crippen molar-refractivity contribution >= 4 is 17.5 Å². The Labute approximate surface area is 206 Å². The van der Waals surface area contributed by atoms with Crippen molar-refractivity contribution in [1.29, 1.82) is 0 Å². The van der Waals surface area contributed by atoms with E-state index in [9.17, 15) is 14.4 Å². The lowest BCUT2D eigenvalue weighted by Crippen LogP contribution is -2.44. The number of carbonyl (C=O) groups excluding carboxylic acids is 3. The van der Waals surface area contributed by atoms with Gasteiger partial charge in [-0.3, -0.25) is 9.59 Å². The van der Waals surface area contributed by atoms with Gasteiger partial charge in [-0.15, -0.1) is 0 Å². The van der Waals surface area contributed by atoms with Crippen LogP contribution in [0.2, 0.25) is 0 Å². The first-order valence-corrected chi connectivity index (χ1v) is 11.7. The second-order valence-electron chi connectivity index (χ2n) is 8.38. The van der Waals surface area contributed by atoms with E-state index in [-0.39, 0.29) is 36.9 Å². The van der Waals surface area contributed by atoms with Crippen molar-refractivity contribution in [2.24, 2.45) is 0 Å². The molecule has 0 aliphatic carbocycles. The number of ketones is 2. The fourth-order valence-electron chi connectivity index (χ4n) is 3.47. The van der Waals surface area contributed by atoms with E-state index in [2.05, 4.69) is 5.32 Å². The second-order valence-corrected chi connectivity index (χ2v) is 8.38. The van der Waals surface area contributed by atoms with Gasteiger partial charge < -0.3 is 19.6 Å². The first kappa shape index (κ1) is 25.8. The molecule has 1 N–H and O–H groups in total. The zero-order valence-electron chi connectivity index (χ0n) is 19.9. The van der Waals surface area contributed by atoms with Gasteiger partial charge in [0, 0.05) is 19.3 Å². The molecule has 0 aliphatic rings. The Morgan fingerprint density at radius 3 is 2.06 bits per heavy atom. The van der Waals surface area contributed by atoms with Crippen LogP contribution < -0.4 is 10.1 Å². The molecule has 0 bridgehead atoms. The van der Waals surface area contributed by atoms with E-state index in [0.717, 1.165) is 16.9 Å². The van der Waals surface area contributed by atoms with Gasteiger partial charge in [0.25, 0.3) is 0 Å². The Morgan fingerprint density at radius 1 is 0.771 bits per heavy atom. The smallest absolute Gasteiger partial charge is 0.220 e. The van der Waals surface area contributed by atoms with E-state index >= 15 is 0 Å². The van der Waals surface area contributed by atoms with Crippen LogP contribution in [0.3, 0.4) is 0 Å². The molecule has 6 heteroatoms. The van der Waals surface area contributed by atoms with Gasteiger partial charge in [0.2, 0.25) is 5.91 Å². The van der Waals surface area contributed by atoms with Crippen LogP contribution in [-0.4, -0.2) is 30.1 Å². The number of amides is 1. The van der Waals surface area contributed by atoms with Gasteiger partial charge in [-0.2, -0.15) is 0 Å². The molecule has 3 aromatic rings. The zero-order chi connectivity index (χ0) is 24.9. The molecule has 3 rings (SSSR count). The minimum Gasteiger partial charge on any atom is -0.457 e. The number of rotatable bonds is 14. The number of ether oxygens (including phenoxy) is 2. The number of Topliss-reactive ketones (excluding diaryl/α,β-unsaturated/α-hetero) is 2. The minimum absolute atomic E-state index is 0.0383. The molecule has 0 saturated carbocycles. The van der Waals surface area contributed by atoms with Crippen molar-refractivity contribution in [1.82, 2.24) is 5.32 Å². The average Bonchev–Trinajstić information content (AvgIpc) is 2.85. The van der Waals surface area contributed by atoms with Crippen LogP contribution in [0.1, 0.15) is 37.3 Å². The summed E-state index contributed by atoms with van der Waals surface area (Å²) in [4.78, 5) is 36.6. The van der Waals surface area contributed by atoms with Gasteiger partial charge in [-0.1, -0.05) is 60.7 Å². The van der Waals surface area contributed by atoms with Gasteiger partial charge >= 0.3 is 0 Å². The van der Waals surface area contributed by atoms with Crippen LogP contribution in [0, 0.1) is 0 Å². The number of para-hydroxylation sites is 1. The molecular weight excluding hydrogens is 442 g/mol. The van der Waals surface area contributed by atoms with Crippen molar-refractivity contribution in [2.45, 2.75) is 45.3 Å². The van der Waals surface area contributed by atoms with Crippen LogP contribution in [0.4, 0.5) is 0 Å². The number of hydrogen-bond donors (Lipinski definition) is 1. The first-order chi connectivity index (χ1) is 17.0. The third-order valence-corrected chi connectivity index (χ3v) is 5.33. The highest BCUT2D eigenvalue weighted by Crippen LogP contribution is 2.21. The van der Waals surface area contributed by atoms with Crippen molar-refractivity contribution in [3.05, 3.63) is 96.1 Å². The number of benzene rings is 3. The van der Waals surface area contributed by atoms with E-state index in [1.807, 2.05) is 84.9 Å². The van der Waals surface area contributed by atoms with Crippen LogP contribution in [0.25, 0.3) is 0 Å². The molecule has 182 valence electrons. The zero-order valence-corrected chi connectivity index (χ0v) is 19.9. The van der Waals surface area contributed by atoms with Crippen molar-refractivity contribution in [3.8, 4) is 11.5 Å². The normalized spacial score (nSPS) is 11.5. The van der Waals surface area contributed by atoms with Crippen LogP contribution in [0.15, 0.2) is 84.9 Å². The third kappa shape index (κ3) is 9.55. The molecule has 1 unspecified atom stereocenters. The lowest BCUT2D eigenvalue weighted by molar-refractivity contribution is -0.129. The monoisotopic (exact) mass is 473 g/mol. The van der Waals surface area contributed by atoms with Gasteiger partial charge in [-0.25, -0.2) is 0 Å². The van der Waals surface area contributed by atoms with Crippen LogP contribution in [-0.2, 0) is 32.1 Å². The van der Waals surface area contributed by atoms with E-state index in [4.69, 9.17) is 9.47 Å². The molecule has 35 heavy (non-hydrogen) atoms. The molecule has 0 spiro atoms. The van der Waals surface area contributed by atoms with E-state index < -0.39 is 6.04 Å². The highest BCUT2D eigenvalue weighted by atomic mass is 16.5. The Hall–Kier alpha value is -3.77. The lowest BCUT2D eigenvalue weighted by atomic mass is 10.0. The Kier molecular flexibility index (Phi) is 10.2. The van der Waals surface area contributed by atoms with Gasteiger partial charge in [0.05, 0.1) is 13.2 Å². The number of nitrogens with one attached hydrogen (secondary N) is 1. The Balaban J connectivity index is 1.58. The summed E-state index contributed by atoms with van der Waals surface area (Å²) in [6.07, 6.45) is 1.13. The summed E-state index contributed by atoms with van der Waals surface area (Å²) in [6.45, 7) is 1.91. The molecule has 0 aliphatic heterocycles. The second kappa shape index (κ2) is 13.8. The molecule has 6 nitrogen and oxygen atoms in total.